The third-order valence-corrected chi connectivity index (χ3v) is 6.58. The molecule has 0 saturated carbocycles. The van der Waals surface area contributed by atoms with E-state index in [0.717, 1.165) is 16.3 Å². The Bertz CT molecular complexity index is 955. The molecule has 0 atom stereocenters. The minimum absolute atomic E-state index is 0.00805. The number of sulfonamides is 1. The van der Waals surface area contributed by atoms with Crippen LogP contribution in [0.25, 0.3) is 0 Å². The molecule has 0 saturated heterocycles. The maximum Gasteiger partial charge on any atom is 0.242 e. The van der Waals surface area contributed by atoms with Crippen LogP contribution in [0.2, 0.25) is 0 Å². The smallest absolute Gasteiger partial charge is 0.242 e. The summed E-state index contributed by atoms with van der Waals surface area (Å²) >= 11 is 0. The lowest BCUT2D eigenvalue weighted by Crippen LogP contribution is -2.31. The molecule has 2 aromatic rings. The first-order chi connectivity index (χ1) is 14.1. The van der Waals surface area contributed by atoms with Gasteiger partial charge in [-0.2, -0.15) is 0 Å². The van der Waals surface area contributed by atoms with Crippen LogP contribution in [0.3, 0.4) is 0 Å². The van der Waals surface area contributed by atoms with E-state index in [0.29, 0.717) is 23.9 Å². The highest BCUT2D eigenvalue weighted by atomic mass is 32.2. The maximum atomic E-state index is 12.3. The summed E-state index contributed by atoms with van der Waals surface area (Å²) < 4.78 is 31.1. The lowest BCUT2D eigenvalue weighted by atomic mass is 10.0. The van der Waals surface area contributed by atoms with Gasteiger partial charge in [-0.25, -0.2) is 12.7 Å². The molecule has 0 fully saturated rings. The highest BCUT2D eigenvalue weighted by molar-refractivity contribution is 7.89. The Morgan fingerprint density at radius 1 is 1.10 bits per heavy atom. The second kappa shape index (κ2) is 10.4. The summed E-state index contributed by atoms with van der Waals surface area (Å²) in [5, 5.41) is 5.83. The molecule has 2 rings (SSSR count). The first kappa shape index (κ1) is 23.7. The van der Waals surface area contributed by atoms with Crippen LogP contribution in [0.1, 0.15) is 30.9 Å². The summed E-state index contributed by atoms with van der Waals surface area (Å²) in [6.45, 7) is 4.84. The van der Waals surface area contributed by atoms with Gasteiger partial charge in [0.25, 0.3) is 0 Å². The van der Waals surface area contributed by atoms with Crippen molar-refractivity contribution in [2.75, 3.05) is 39.6 Å². The van der Waals surface area contributed by atoms with Crippen LogP contribution >= 0.6 is 0 Å². The fourth-order valence-electron chi connectivity index (χ4n) is 2.85. The molecule has 0 aliphatic carbocycles. The van der Waals surface area contributed by atoms with Gasteiger partial charge in [-0.3, -0.25) is 4.79 Å². The summed E-state index contributed by atoms with van der Waals surface area (Å²) in [4.78, 5) is 12.3. The van der Waals surface area contributed by atoms with Gasteiger partial charge in [-0.05, 0) is 41.7 Å². The standard InChI is InChI=1S/C22H31N3O4S/c1-16(2)18-8-6-17(7-9-18)12-13-23-22(26)15-24-20-14-19(10-11-21(20)29-5)30(27,28)25(3)4/h6-11,14,16,24H,12-13,15H2,1-5H3,(H,23,26). The van der Waals surface area contributed by atoms with Gasteiger partial charge in [0.2, 0.25) is 15.9 Å². The zero-order valence-corrected chi connectivity index (χ0v) is 19.0. The monoisotopic (exact) mass is 433 g/mol. The molecule has 30 heavy (non-hydrogen) atoms. The SMILES string of the molecule is COc1ccc(S(=O)(=O)N(C)C)cc1NCC(=O)NCCc1ccc(C(C)C)cc1. The number of anilines is 1. The molecule has 0 spiro atoms. The second-order valence-corrected chi connectivity index (χ2v) is 9.65. The van der Waals surface area contributed by atoms with Gasteiger partial charge in [0, 0.05) is 20.6 Å². The Kier molecular flexibility index (Phi) is 8.25. The molecule has 2 N–H and O–H groups in total. The second-order valence-electron chi connectivity index (χ2n) is 7.50. The molecular weight excluding hydrogens is 402 g/mol. The molecule has 0 aliphatic heterocycles. The normalized spacial score (nSPS) is 11.6. The largest absolute Gasteiger partial charge is 0.495 e. The minimum Gasteiger partial charge on any atom is -0.495 e. The van der Waals surface area contributed by atoms with Crippen LogP contribution in [-0.4, -0.2) is 52.9 Å². The molecular formula is C22H31N3O4S. The van der Waals surface area contributed by atoms with E-state index in [4.69, 9.17) is 4.74 Å². The number of benzene rings is 2. The van der Waals surface area contributed by atoms with Crippen LogP contribution in [0.15, 0.2) is 47.4 Å². The van der Waals surface area contributed by atoms with E-state index in [9.17, 15) is 13.2 Å². The summed E-state index contributed by atoms with van der Waals surface area (Å²) in [6.07, 6.45) is 0.740. The van der Waals surface area contributed by atoms with Gasteiger partial charge in [0.1, 0.15) is 5.75 Å². The lowest BCUT2D eigenvalue weighted by molar-refractivity contribution is -0.119. The topological polar surface area (TPSA) is 87.7 Å². The highest BCUT2D eigenvalue weighted by Gasteiger charge is 2.19. The Morgan fingerprint density at radius 3 is 2.33 bits per heavy atom. The van der Waals surface area contributed by atoms with E-state index in [-0.39, 0.29) is 17.3 Å². The number of ether oxygens (including phenoxy) is 1. The number of nitrogens with one attached hydrogen (secondary N) is 2. The predicted molar refractivity (Wildman–Crippen MR) is 120 cm³/mol. The third kappa shape index (κ3) is 6.21. The van der Waals surface area contributed by atoms with E-state index in [1.165, 1.54) is 38.9 Å². The molecule has 0 radical (unpaired) electrons. The van der Waals surface area contributed by atoms with Crippen molar-refractivity contribution in [2.24, 2.45) is 0 Å². The molecule has 0 bridgehead atoms. The molecule has 7 nitrogen and oxygen atoms in total. The lowest BCUT2D eigenvalue weighted by Gasteiger charge is -2.15. The van der Waals surface area contributed by atoms with Crippen LogP contribution in [0, 0.1) is 0 Å². The number of rotatable bonds is 10. The summed E-state index contributed by atoms with van der Waals surface area (Å²) in [7, 11) is 0.850. The molecule has 164 valence electrons. The van der Waals surface area contributed by atoms with Gasteiger partial charge in [-0.1, -0.05) is 38.1 Å². The van der Waals surface area contributed by atoms with Crippen molar-refractivity contribution < 1.29 is 17.9 Å². The zero-order valence-electron chi connectivity index (χ0n) is 18.2. The van der Waals surface area contributed by atoms with E-state index in [2.05, 4.69) is 48.7 Å². The van der Waals surface area contributed by atoms with Crippen LogP contribution in [-0.2, 0) is 21.2 Å². The number of amides is 1. The Balaban J connectivity index is 1.92. The van der Waals surface area contributed by atoms with Crippen molar-refractivity contribution in [2.45, 2.75) is 31.1 Å². The molecule has 2 aromatic carbocycles. The molecule has 0 aromatic heterocycles. The molecule has 0 unspecified atom stereocenters. The average Bonchev–Trinajstić information content (AvgIpc) is 2.72. The Hall–Kier alpha value is -2.58. The van der Waals surface area contributed by atoms with Crippen molar-refractivity contribution in [3.8, 4) is 5.75 Å². The summed E-state index contributed by atoms with van der Waals surface area (Å²) in [6, 6.07) is 12.9. The van der Waals surface area contributed by atoms with Crippen molar-refractivity contribution in [3.05, 3.63) is 53.6 Å². The average molecular weight is 434 g/mol. The molecule has 0 heterocycles. The van der Waals surface area contributed by atoms with Crippen molar-refractivity contribution in [1.82, 2.24) is 9.62 Å². The predicted octanol–water partition coefficient (Wildman–Crippen LogP) is 2.84. The van der Waals surface area contributed by atoms with Gasteiger partial charge in [0.15, 0.2) is 0 Å². The van der Waals surface area contributed by atoms with E-state index >= 15 is 0 Å². The van der Waals surface area contributed by atoms with Crippen molar-refractivity contribution in [3.63, 3.8) is 0 Å². The van der Waals surface area contributed by atoms with Crippen molar-refractivity contribution in [1.29, 1.82) is 0 Å². The van der Waals surface area contributed by atoms with E-state index in [1.807, 2.05) is 0 Å². The Morgan fingerprint density at radius 2 is 1.77 bits per heavy atom. The number of hydrogen-bond donors (Lipinski definition) is 2. The molecule has 1 amide bonds. The van der Waals surface area contributed by atoms with E-state index in [1.54, 1.807) is 6.07 Å². The third-order valence-electron chi connectivity index (χ3n) is 4.77. The fourth-order valence-corrected chi connectivity index (χ4v) is 3.78. The summed E-state index contributed by atoms with van der Waals surface area (Å²) in [5.74, 6) is 0.774. The number of carbonyl (C=O) groups is 1. The molecule has 8 heteroatoms. The number of hydrogen-bond acceptors (Lipinski definition) is 5. The van der Waals surface area contributed by atoms with Gasteiger partial charge < -0.3 is 15.4 Å². The Labute approximate surface area is 179 Å². The minimum atomic E-state index is -3.58. The van der Waals surface area contributed by atoms with Crippen LogP contribution < -0.4 is 15.4 Å². The van der Waals surface area contributed by atoms with Crippen LogP contribution in [0.5, 0.6) is 5.75 Å². The fraction of sp³-hybridized carbons (Fsp3) is 0.409. The van der Waals surface area contributed by atoms with Crippen molar-refractivity contribution >= 4 is 21.6 Å². The first-order valence-electron chi connectivity index (χ1n) is 9.85. The maximum absolute atomic E-state index is 12.3. The first-order valence-corrected chi connectivity index (χ1v) is 11.3. The van der Waals surface area contributed by atoms with Crippen LogP contribution in [0.4, 0.5) is 5.69 Å². The number of methoxy groups -OCH3 is 1. The van der Waals surface area contributed by atoms with Gasteiger partial charge >= 0.3 is 0 Å². The van der Waals surface area contributed by atoms with Gasteiger partial charge in [0.05, 0.1) is 24.2 Å². The number of carbonyl (C=O) groups excluding carboxylic acids is 1. The van der Waals surface area contributed by atoms with Gasteiger partial charge in [-0.15, -0.1) is 0 Å². The van der Waals surface area contributed by atoms with E-state index < -0.39 is 10.0 Å². The number of nitrogens with zero attached hydrogens (tertiary/aromatic N) is 1. The quantitative estimate of drug-likeness (QED) is 0.602. The zero-order chi connectivity index (χ0) is 22.3. The summed E-state index contributed by atoms with van der Waals surface area (Å²) in [5.41, 5.74) is 2.90. The molecule has 0 aliphatic rings. The highest BCUT2D eigenvalue weighted by Crippen LogP contribution is 2.28.